The van der Waals surface area contributed by atoms with E-state index in [0.29, 0.717) is 38.8 Å². The van der Waals surface area contributed by atoms with Crippen LogP contribution in [0.3, 0.4) is 0 Å². The van der Waals surface area contributed by atoms with Crippen LogP contribution in [0.2, 0.25) is 0 Å². The van der Waals surface area contributed by atoms with Gasteiger partial charge in [-0.25, -0.2) is 0 Å². The van der Waals surface area contributed by atoms with Crippen LogP contribution in [0.25, 0.3) is 32.3 Å². The lowest BCUT2D eigenvalue weighted by Gasteiger charge is -2.14. The van der Waals surface area contributed by atoms with Gasteiger partial charge in [-0.3, -0.25) is 24.1 Å². The highest BCUT2D eigenvalue weighted by Gasteiger charge is 2.22. The van der Waals surface area contributed by atoms with Crippen molar-refractivity contribution < 1.29 is 19.2 Å². The molecule has 0 unspecified atom stereocenters. The molecule has 1 N–H and O–H groups in total. The Hall–Kier alpha value is -3.36. The van der Waals surface area contributed by atoms with Crippen molar-refractivity contribution in [3.05, 3.63) is 72.3 Å². The molecule has 0 bridgehead atoms. The second kappa shape index (κ2) is 19.0. The average Bonchev–Trinajstić information content (AvgIpc) is 3.42. The van der Waals surface area contributed by atoms with E-state index >= 15 is 0 Å². The molecule has 3 amide bonds. The number of unbranched alkanes of at least 4 members (excludes halogenated alkanes) is 8. The van der Waals surface area contributed by atoms with Crippen LogP contribution < -0.4 is 5.32 Å². The van der Waals surface area contributed by atoms with Crippen LogP contribution in [0, 0.1) is 0 Å². The first-order chi connectivity index (χ1) is 23.5. The third-order valence-electron chi connectivity index (χ3n) is 9.23. The van der Waals surface area contributed by atoms with E-state index in [4.69, 9.17) is 0 Å². The summed E-state index contributed by atoms with van der Waals surface area (Å²) in [6, 6.07) is 19.6. The Morgan fingerprint density at radius 2 is 1.12 bits per heavy atom. The van der Waals surface area contributed by atoms with E-state index < -0.39 is 0 Å². The van der Waals surface area contributed by atoms with Gasteiger partial charge in [0.1, 0.15) is 5.78 Å². The summed E-state index contributed by atoms with van der Waals surface area (Å²) in [5, 5.41) is 10.8. The zero-order chi connectivity index (χ0) is 33.6. The van der Waals surface area contributed by atoms with Gasteiger partial charge in [0.05, 0.1) is 0 Å². The third-order valence-corrected chi connectivity index (χ3v) is 11.8. The summed E-state index contributed by atoms with van der Waals surface area (Å²) in [6.45, 7) is 0.899. The first-order valence-corrected chi connectivity index (χ1v) is 20.2. The minimum Gasteiger partial charge on any atom is -0.352 e. The Balaban J connectivity index is 0.809. The van der Waals surface area contributed by atoms with Crippen molar-refractivity contribution in [1.82, 2.24) is 10.2 Å². The molecule has 0 spiro atoms. The molecule has 8 heteroatoms. The topological polar surface area (TPSA) is 83.6 Å². The molecular weight excluding hydrogens is 637 g/mol. The van der Waals surface area contributed by atoms with Crippen molar-refractivity contribution in [3.8, 4) is 0 Å². The maximum absolute atomic E-state index is 12.6. The minimum atomic E-state index is -0.276. The Labute approximate surface area is 292 Å². The lowest BCUT2D eigenvalue weighted by Crippen LogP contribution is -2.31. The second-order valence-corrected chi connectivity index (χ2v) is 15.5. The van der Waals surface area contributed by atoms with E-state index in [-0.39, 0.29) is 23.5 Å². The Bertz CT molecular complexity index is 1680. The summed E-state index contributed by atoms with van der Waals surface area (Å²) in [4.78, 5) is 48.9. The van der Waals surface area contributed by atoms with Crippen molar-refractivity contribution >= 4 is 77.4 Å². The van der Waals surface area contributed by atoms with Gasteiger partial charge in [0.15, 0.2) is 0 Å². The van der Waals surface area contributed by atoms with E-state index in [1.807, 2.05) is 21.6 Å². The fourth-order valence-electron chi connectivity index (χ4n) is 6.55. The fraction of sp³-hybridized carbons (Fsp3) is 0.450. The molecule has 0 fully saturated rings. The third kappa shape index (κ3) is 10.3. The number of Topliss-reactive ketones (excluding diaryl/α,β-unsaturated/α-hetero) is 1. The molecule has 4 aromatic carbocycles. The van der Waals surface area contributed by atoms with Crippen molar-refractivity contribution in [2.75, 3.05) is 18.1 Å². The first-order valence-electron chi connectivity index (χ1n) is 17.7. The largest absolute Gasteiger partial charge is 0.352 e. The fourth-order valence-corrected chi connectivity index (χ4v) is 8.84. The Kier molecular flexibility index (Phi) is 14.2. The number of nitrogens with one attached hydrogen (secondary N) is 1. The number of amides is 3. The molecule has 1 aliphatic rings. The second-order valence-electron chi connectivity index (χ2n) is 12.8. The number of carbonyl (C=O) groups excluding carboxylic acids is 4. The smallest absolute Gasteiger partial charge is 0.253 e. The SMILES string of the molecule is O=C(CCCCCCCSSCCCCCCCC(=O)NCc1ccc2ccc3cccc4ccc1c2c34)CCCN1C(=O)C=CC1=O. The number of hydrogen-bond acceptors (Lipinski definition) is 6. The van der Waals surface area contributed by atoms with Crippen LogP contribution in [-0.2, 0) is 25.7 Å². The first kappa shape index (κ1) is 35.9. The van der Waals surface area contributed by atoms with Gasteiger partial charge in [0, 0.05) is 56.0 Å². The van der Waals surface area contributed by atoms with Crippen LogP contribution in [0.1, 0.15) is 95.5 Å². The van der Waals surface area contributed by atoms with Crippen molar-refractivity contribution in [2.24, 2.45) is 0 Å². The number of imide groups is 1. The number of rotatable bonds is 23. The van der Waals surface area contributed by atoms with E-state index in [1.54, 1.807) is 0 Å². The van der Waals surface area contributed by atoms with Crippen molar-refractivity contribution in [3.63, 3.8) is 0 Å². The zero-order valence-electron chi connectivity index (χ0n) is 28.0. The average molecular weight is 685 g/mol. The van der Waals surface area contributed by atoms with Crippen molar-refractivity contribution in [1.29, 1.82) is 0 Å². The number of benzene rings is 4. The molecule has 0 aliphatic carbocycles. The van der Waals surface area contributed by atoms with Gasteiger partial charge in [0.2, 0.25) is 5.91 Å². The van der Waals surface area contributed by atoms with Crippen LogP contribution >= 0.6 is 21.6 Å². The maximum atomic E-state index is 12.6. The number of ketones is 1. The summed E-state index contributed by atoms with van der Waals surface area (Å²) in [5.74, 6) is 2.18. The van der Waals surface area contributed by atoms with Gasteiger partial charge >= 0.3 is 0 Å². The molecule has 5 rings (SSSR count). The highest BCUT2D eigenvalue weighted by molar-refractivity contribution is 8.76. The number of nitrogens with zero attached hydrogens (tertiary/aromatic N) is 1. The summed E-state index contributed by atoms with van der Waals surface area (Å²) in [7, 11) is 3.95. The van der Waals surface area contributed by atoms with Gasteiger partial charge in [-0.1, -0.05) is 115 Å². The number of carbonyl (C=O) groups is 4. The lowest BCUT2D eigenvalue weighted by atomic mass is 9.92. The zero-order valence-corrected chi connectivity index (χ0v) is 29.6. The highest BCUT2D eigenvalue weighted by Crippen LogP contribution is 2.36. The molecule has 0 atom stereocenters. The molecule has 48 heavy (non-hydrogen) atoms. The van der Waals surface area contributed by atoms with Crippen LogP contribution in [0.4, 0.5) is 0 Å². The molecule has 0 saturated heterocycles. The molecule has 0 radical (unpaired) electrons. The molecular formula is C40H48N2O4S2. The van der Waals surface area contributed by atoms with E-state index in [2.05, 4.69) is 59.9 Å². The molecule has 1 heterocycles. The monoisotopic (exact) mass is 684 g/mol. The molecule has 6 nitrogen and oxygen atoms in total. The van der Waals surface area contributed by atoms with Crippen LogP contribution in [0.15, 0.2) is 66.7 Å². The maximum Gasteiger partial charge on any atom is 0.253 e. The van der Waals surface area contributed by atoms with Crippen molar-refractivity contribution in [2.45, 2.75) is 96.4 Å². The van der Waals surface area contributed by atoms with E-state index in [9.17, 15) is 19.2 Å². The standard InChI is InChI=1S/C40H48N2O4S2/c43-34(16-12-26-42-37(45)24-25-38(42)46)15-7-3-1-5-9-27-47-48-28-10-6-2-4-8-17-36(44)41-29-33-21-20-32-19-18-30-13-11-14-31-22-23-35(33)40(32)39(30)31/h11,13-14,18-25H,1-10,12,15-17,26-29H2,(H,41,44). The highest BCUT2D eigenvalue weighted by atomic mass is 33.1. The van der Waals surface area contributed by atoms with E-state index in [1.165, 1.54) is 105 Å². The lowest BCUT2D eigenvalue weighted by molar-refractivity contribution is -0.137. The molecule has 4 aromatic rings. The number of hydrogen-bond donors (Lipinski definition) is 1. The van der Waals surface area contributed by atoms with Crippen LogP contribution in [0.5, 0.6) is 0 Å². The van der Waals surface area contributed by atoms with E-state index in [0.717, 1.165) is 25.7 Å². The molecule has 0 saturated carbocycles. The predicted octanol–water partition coefficient (Wildman–Crippen LogP) is 9.54. The van der Waals surface area contributed by atoms with Gasteiger partial charge < -0.3 is 5.32 Å². The molecule has 254 valence electrons. The summed E-state index contributed by atoms with van der Waals surface area (Å²) in [6.07, 6.45) is 16.0. The molecule has 1 aliphatic heterocycles. The van der Waals surface area contributed by atoms with Crippen LogP contribution in [-0.4, -0.2) is 46.5 Å². The molecule has 0 aromatic heterocycles. The van der Waals surface area contributed by atoms with Gasteiger partial charge in [-0.05, 0) is 70.0 Å². The quantitative estimate of drug-likeness (QED) is 0.0363. The Morgan fingerprint density at radius 1 is 0.583 bits per heavy atom. The predicted molar refractivity (Wildman–Crippen MR) is 202 cm³/mol. The normalized spacial score (nSPS) is 13.1. The summed E-state index contributed by atoms with van der Waals surface area (Å²) >= 11 is 0. The van der Waals surface area contributed by atoms with Gasteiger partial charge in [-0.2, -0.15) is 0 Å². The Morgan fingerprint density at radius 3 is 1.81 bits per heavy atom. The van der Waals surface area contributed by atoms with Gasteiger partial charge in [0.25, 0.3) is 11.8 Å². The summed E-state index contributed by atoms with van der Waals surface area (Å²) in [5.41, 5.74) is 1.17. The van der Waals surface area contributed by atoms with Gasteiger partial charge in [-0.15, -0.1) is 0 Å². The minimum absolute atomic E-state index is 0.141. The summed E-state index contributed by atoms with van der Waals surface area (Å²) < 4.78 is 0.